The Labute approximate surface area is 124 Å². The third-order valence-electron chi connectivity index (χ3n) is 4.85. The van der Waals surface area contributed by atoms with Crippen LogP contribution in [0.1, 0.15) is 49.7 Å². The summed E-state index contributed by atoms with van der Waals surface area (Å²) in [5.74, 6) is 0. The van der Waals surface area contributed by atoms with E-state index in [9.17, 15) is 0 Å². The van der Waals surface area contributed by atoms with Crippen LogP contribution < -0.4 is 5.32 Å². The molecule has 20 heavy (non-hydrogen) atoms. The fourth-order valence-electron chi connectivity index (χ4n) is 3.46. The summed E-state index contributed by atoms with van der Waals surface area (Å²) in [6.07, 6.45) is 8.17. The molecule has 0 unspecified atom stereocenters. The Balaban J connectivity index is 1.83. The zero-order chi connectivity index (χ0) is 14.4. The highest BCUT2D eigenvalue weighted by molar-refractivity contribution is 5.22. The summed E-state index contributed by atoms with van der Waals surface area (Å²) in [6, 6.07) is 8.86. The van der Waals surface area contributed by atoms with Gasteiger partial charge in [-0.05, 0) is 52.4 Å². The number of nitrogens with zero attached hydrogens (tertiary/aromatic N) is 1. The Kier molecular flexibility index (Phi) is 5.62. The summed E-state index contributed by atoms with van der Waals surface area (Å²) in [5.41, 5.74) is 3.18. The van der Waals surface area contributed by atoms with Gasteiger partial charge < -0.3 is 10.2 Å². The van der Waals surface area contributed by atoms with Crippen LogP contribution in [-0.4, -0.2) is 31.1 Å². The smallest absolute Gasteiger partial charge is 0.0230 e. The predicted molar refractivity (Wildman–Crippen MR) is 87.0 cm³/mol. The van der Waals surface area contributed by atoms with E-state index in [1.165, 1.54) is 56.2 Å². The van der Waals surface area contributed by atoms with Crippen molar-refractivity contribution in [2.75, 3.05) is 20.6 Å². The summed E-state index contributed by atoms with van der Waals surface area (Å²) in [5, 5.41) is 3.62. The average Bonchev–Trinajstić information content (AvgIpc) is 2.46. The predicted octanol–water partition coefficient (Wildman–Crippen LogP) is 3.74. The third kappa shape index (κ3) is 4.32. The van der Waals surface area contributed by atoms with E-state index in [0.717, 1.165) is 6.54 Å². The van der Waals surface area contributed by atoms with Crippen LogP contribution in [0.3, 0.4) is 0 Å². The number of aryl methyl sites for hydroxylation is 1. The second-order valence-corrected chi connectivity index (χ2v) is 6.57. The molecule has 1 saturated carbocycles. The summed E-state index contributed by atoms with van der Waals surface area (Å²) in [4.78, 5) is 2.46. The first-order valence-corrected chi connectivity index (χ1v) is 8.07. The van der Waals surface area contributed by atoms with Crippen molar-refractivity contribution in [1.29, 1.82) is 0 Å². The number of nitrogens with one attached hydrogen (secondary N) is 1. The lowest BCUT2D eigenvalue weighted by Gasteiger charge is -2.38. The summed E-state index contributed by atoms with van der Waals surface area (Å²) in [7, 11) is 4.39. The van der Waals surface area contributed by atoms with E-state index in [1.807, 2.05) is 0 Å². The van der Waals surface area contributed by atoms with E-state index in [4.69, 9.17) is 0 Å². The van der Waals surface area contributed by atoms with Crippen molar-refractivity contribution < 1.29 is 0 Å². The molecule has 0 aliphatic heterocycles. The SMILES string of the molecule is CNC1(CCN(C)Cc2cccc(C)c2)CCCCC1. The first kappa shape index (κ1) is 15.5. The summed E-state index contributed by atoms with van der Waals surface area (Å²) >= 11 is 0. The fraction of sp³-hybridized carbons (Fsp3) is 0.667. The molecule has 0 radical (unpaired) electrons. The molecule has 0 bridgehead atoms. The number of rotatable bonds is 6. The molecule has 0 atom stereocenters. The lowest BCUT2D eigenvalue weighted by atomic mass is 9.79. The molecule has 0 spiro atoms. The van der Waals surface area contributed by atoms with E-state index in [0.29, 0.717) is 5.54 Å². The lowest BCUT2D eigenvalue weighted by Crippen LogP contribution is -2.46. The second kappa shape index (κ2) is 7.24. The van der Waals surface area contributed by atoms with Crippen molar-refractivity contribution in [3.05, 3.63) is 35.4 Å². The van der Waals surface area contributed by atoms with E-state index in [1.54, 1.807) is 0 Å². The Bertz CT molecular complexity index is 408. The Hall–Kier alpha value is -0.860. The van der Waals surface area contributed by atoms with Crippen LogP contribution in [0.25, 0.3) is 0 Å². The Morgan fingerprint density at radius 1 is 1.20 bits per heavy atom. The van der Waals surface area contributed by atoms with Gasteiger partial charge in [-0.25, -0.2) is 0 Å². The van der Waals surface area contributed by atoms with Gasteiger partial charge >= 0.3 is 0 Å². The standard InChI is InChI=1S/C18H30N2/c1-16-8-7-9-17(14-16)15-20(3)13-12-18(19-2)10-5-4-6-11-18/h7-9,14,19H,4-6,10-13,15H2,1-3H3. The van der Waals surface area contributed by atoms with E-state index >= 15 is 0 Å². The molecule has 1 aliphatic rings. The van der Waals surface area contributed by atoms with Gasteiger partial charge in [0.25, 0.3) is 0 Å². The second-order valence-electron chi connectivity index (χ2n) is 6.57. The van der Waals surface area contributed by atoms with Gasteiger partial charge in [-0.15, -0.1) is 0 Å². The zero-order valence-corrected chi connectivity index (χ0v) is 13.4. The molecular weight excluding hydrogens is 244 g/mol. The largest absolute Gasteiger partial charge is 0.314 e. The normalized spacial score (nSPS) is 18.4. The van der Waals surface area contributed by atoms with E-state index < -0.39 is 0 Å². The number of hydrogen-bond donors (Lipinski definition) is 1. The maximum Gasteiger partial charge on any atom is 0.0230 e. The molecule has 1 fully saturated rings. The summed E-state index contributed by atoms with van der Waals surface area (Å²) in [6.45, 7) is 4.40. The fourth-order valence-corrected chi connectivity index (χ4v) is 3.46. The average molecular weight is 274 g/mol. The van der Waals surface area contributed by atoms with Crippen LogP contribution >= 0.6 is 0 Å². The third-order valence-corrected chi connectivity index (χ3v) is 4.85. The van der Waals surface area contributed by atoms with Crippen molar-refractivity contribution in [1.82, 2.24) is 10.2 Å². The molecule has 0 amide bonds. The molecule has 0 saturated heterocycles. The quantitative estimate of drug-likeness (QED) is 0.850. The van der Waals surface area contributed by atoms with Crippen molar-refractivity contribution in [2.45, 2.75) is 57.5 Å². The molecule has 2 nitrogen and oxygen atoms in total. The van der Waals surface area contributed by atoms with Gasteiger partial charge in [-0.1, -0.05) is 49.1 Å². The molecule has 1 N–H and O–H groups in total. The van der Waals surface area contributed by atoms with E-state index in [2.05, 4.69) is 55.5 Å². The van der Waals surface area contributed by atoms with Crippen LogP contribution in [0.15, 0.2) is 24.3 Å². The monoisotopic (exact) mass is 274 g/mol. The maximum atomic E-state index is 3.62. The van der Waals surface area contributed by atoms with Crippen molar-refractivity contribution in [2.24, 2.45) is 0 Å². The van der Waals surface area contributed by atoms with Gasteiger partial charge in [0.05, 0.1) is 0 Å². The highest BCUT2D eigenvalue weighted by Gasteiger charge is 2.29. The van der Waals surface area contributed by atoms with Gasteiger partial charge in [0.2, 0.25) is 0 Å². The zero-order valence-electron chi connectivity index (χ0n) is 13.4. The van der Waals surface area contributed by atoms with Gasteiger partial charge in [-0.2, -0.15) is 0 Å². The van der Waals surface area contributed by atoms with Crippen LogP contribution in [-0.2, 0) is 6.54 Å². The molecule has 0 heterocycles. The van der Waals surface area contributed by atoms with Crippen molar-refractivity contribution >= 4 is 0 Å². The minimum Gasteiger partial charge on any atom is -0.314 e. The Morgan fingerprint density at radius 3 is 2.60 bits per heavy atom. The van der Waals surface area contributed by atoms with Crippen LogP contribution in [0.2, 0.25) is 0 Å². The molecule has 1 aromatic carbocycles. The summed E-state index contributed by atoms with van der Waals surface area (Å²) < 4.78 is 0. The van der Waals surface area contributed by atoms with Crippen molar-refractivity contribution in [3.8, 4) is 0 Å². The molecule has 2 rings (SSSR count). The molecule has 2 heteroatoms. The minimum atomic E-state index is 0.402. The van der Waals surface area contributed by atoms with E-state index in [-0.39, 0.29) is 0 Å². The topological polar surface area (TPSA) is 15.3 Å². The van der Waals surface area contributed by atoms with Gasteiger partial charge in [0, 0.05) is 12.1 Å². The van der Waals surface area contributed by atoms with Crippen LogP contribution in [0.4, 0.5) is 0 Å². The number of hydrogen-bond acceptors (Lipinski definition) is 2. The highest BCUT2D eigenvalue weighted by Crippen LogP contribution is 2.30. The van der Waals surface area contributed by atoms with Crippen LogP contribution in [0.5, 0.6) is 0 Å². The molecule has 0 aromatic heterocycles. The number of benzene rings is 1. The first-order chi connectivity index (χ1) is 9.63. The maximum absolute atomic E-state index is 3.62. The van der Waals surface area contributed by atoms with Crippen LogP contribution in [0, 0.1) is 6.92 Å². The molecule has 112 valence electrons. The van der Waals surface area contributed by atoms with Crippen molar-refractivity contribution in [3.63, 3.8) is 0 Å². The van der Waals surface area contributed by atoms with Gasteiger partial charge in [0.1, 0.15) is 0 Å². The van der Waals surface area contributed by atoms with Gasteiger partial charge in [0.15, 0.2) is 0 Å². The molecule has 1 aromatic rings. The molecular formula is C18H30N2. The first-order valence-electron chi connectivity index (χ1n) is 8.07. The van der Waals surface area contributed by atoms with Gasteiger partial charge in [-0.3, -0.25) is 0 Å². The molecule has 1 aliphatic carbocycles. The minimum absolute atomic E-state index is 0.402. The highest BCUT2D eigenvalue weighted by atomic mass is 15.1. The Morgan fingerprint density at radius 2 is 1.95 bits per heavy atom. The lowest BCUT2D eigenvalue weighted by molar-refractivity contribution is 0.194.